The summed E-state index contributed by atoms with van der Waals surface area (Å²) in [6, 6.07) is 31.5. The lowest BCUT2D eigenvalue weighted by Gasteiger charge is -2.43. The number of amides is 2. The summed E-state index contributed by atoms with van der Waals surface area (Å²) in [5.41, 5.74) is 9.50. The molecule has 8 heteroatoms. The number of aromatic hydroxyl groups is 1. The van der Waals surface area contributed by atoms with Crippen molar-refractivity contribution in [2.75, 3.05) is 10.2 Å². The second-order valence-electron chi connectivity index (χ2n) is 13.8. The number of para-hydroxylation sites is 1. The molecule has 50 heavy (non-hydrogen) atoms. The van der Waals surface area contributed by atoms with Crippen molar-refractivity contribution in [3.63, 3.8) is 0 Å². The highest BCUT2D eigenvalue weighted by Gasteiger charge is 2.57. The molecule has 2 amide bonds. The maximum Gasteiger partial charge on any atom is 0.455 e. The van der Waals surface area contributed by atoms with Crippen LogP contribution in [0.4, 0.5) is 17.1 Å². The van der Waals surface area contributed by atoms with Crippen molar-refractivity contribution in [3.8, 4) is 5.75 Å². The Morgan fingerprint density at radius 3 is 2.20 bits per heavy atom. The number of phenols is 1. The number of hydrogen-bond donors (Lipinski definition) is 3. The molecule has 0 unspecified atom stereocenters. The Morgan fingerprint density at radius 1 is 0.900 bits per heavy atom. The minimum absolute atomic E-state index is 0.167. The molecule has 0 spiro atoms. The quantitative estimate of drug-likeness (QED) is 0.0718. The molecule has 1 aliphatic carbocycles. The van der Waals surface area contributed by atoms with Gasteiger partial charge >= 0.3 is 7.12 Å². The van der Waals surface area contributed by atoms with Crippen molar-refractivity contribution in [1.29, 1.82) is 0 Å². The van der Waals surface area contributed by atoms with Crippen molar-refractivity contribution in [3.05, 3.63) is 130 Å². The predicted octanol–water partition coefficient (Wildman–Crippen LogP) is 8.49. The van der Waals surface area contributed by atoms with Crippen LogP contribution in [-0.4, -0.2) is 35.2 Å². The molecule has 254 valence electrons. The number of hydrogen-bond acceptors (Lipinski definition) is 6. The minimum atomic E-state index is -1.03. The Morgan fingerprint density at radius 2 is 1.54 bits per heavy atom. The van der Waals surface area contributed by atoms with E-state index < -0.39 is 19.0 Å². The average Bonchev–Trinajstić information content (AvgIpc) is 3.38. The van der Waals surface area contributed by atoms with E-state index in [1.165, 1.54) is 4.90 Å². The second-order valence-corrected chi connectivity index (χ2v) is 13.8. The Bertz CT molecular complexity index is 1930. The van der Waals surface area contributed by atoms with Gasteiger partial charge in [-0.1, -0.05) is 67.1 Å². The van der Waals surface area contributed by atoms with Crippen LogP contribution < -0.4 is 10.2 Å². The normalized spacial score (nSPS) is 22.1. The van der Waals surface area contributed by atoms with Gasteiger partial charge in [0, 0.05) is 11.4 Å². The largest absolute Gasteiger partial charge is 0.507 e. The summed E-state index contributed by atoms with van der Waals surface area (Å²) < 4.78 is 6.28. The van der Waals surface area contributed by atoms with Gasteiger partial charge in [-0.3, -0.25) is 14.5 Å². The number of nitrogens with zero attached hydrogens (tertiary/aromatic N) is 1. The molecule has 3 aliphatic rings. The zero-order valence-electron chi connectivity index (χ0n) is 28.8. The summed E-state index contributed by atoms with van der Waals surface area (Å²) in [5.74, 6) is -1.32. The first kappa shape index (κ1) is 33.6. The smallest absolute Gasteiger partial charge is 0.455 e. The molecule has 4 aromatic carbocycles. The fourth-order valence-electron chi connectivity index (χ4n) is 8.25. The summed E-state index contributed by atoms with van der Waals surface area (Å²) >= 11 is 0. The Kier molecular flexibility index (Phi) is 9.49. The fraction of sp³-hybridized carbons (Fsp3) is 0.286. The van der Waals surface area contributed by atoms with Gasteiger partial charge in [0.05, 0.1) is 23.6 Å². The summed E-state index contributed by atoms with van der Waals surface area (Å²) in [5, 5.41) is 24.8. The molecule has 2 heterocycles. The zero-order chi connectivity index (χ0) is 34.9. The molecule has 2 saturated heterocycles. The number of imide groups is 1. The number of nitrogens with one attached hydrogen (secondary N) is 1. The number of carbonyl (C=O) groups is 2. The molecular weight excluding hydrogens is 623 g/mol. The third-order valence-electron chi connectivity index (χ3n) is 10.6. The first-order valence-corrected chi connectivity index (χ1v) is 17.6. The molecule has 0 aromatic heterocycles. The summed E-state index contributed by atoms with van der Waals surface area (Å²) in [4.78, 5) is 29.6. The lowest BCUT2D eigenvalue weighted by Crippen LogP contribution is -2.46. The molecule has 0 saturated carbocycles. The molecule has 7 nitrogen and oxygen atoms in total. The molecule has 2 aliphatic heterocycles. The van der Waals surface area contributed by atoms with E-state index in [4.69, 9.17) is 4.65 Å². The predicted molar refractivity (Wildman–Crippen MR) is 200 cm³/mol. The van der Waals surface area contributed by atoms with E-state index in [1.807, 2.05) is 98.8 Å². The van der Waals surface area contributed by atoms with Gasteiger partial charge in [-0.2, -0.15) is 0 Å². The van der Waals surface area contributed by atoms with Gasteiger partial charge in [0.1, 0.15) is 5.75 Å². The first-order chi connectivity index (χ1) is 24.2. The van der Waals surface area contributed by atoms with Gasteiger partial charge in [-0.15, -0.1) is 0 Å². The van der Waals surface area contributed by atoms with Crippen molar-refractivity contribution < 1.29 is 24.4 Å². The lowest BCUT2D eigenvalue weighted by molar-refractivity contribution is -0.122. The van der Waals surface area contributed by atoms with Crippen LogP contribution >= 0.6 is 0 Å². The van der Waals surface area contributed by atoms with Crippen LogP contribution in [0.1, 0.15) is 54.9 Å². The van der Waals surface area contributed by atoms with Crippen molar-refractivity contribution in [2.45, 2.75) is 58.9 Å². The topological polar surface area (TPSA) is 99.1 Å². The highest BCUT2D eigenvalue weighted by molar-refractivity contribution is 6.43. The highest BCUT2D eigenvalue weighted by atomic mass is 16.5. The number of fused-ring (bicyclic) bond motifs is 3. The number of carbonyl (C=O) groups excluding carboxylic acids is 2. The van der Waals surface area contributed by atoms with E-state index in [0.717, 1.165) is 56.8 Å². The van der Waals surface area contributed by atoms with Gasteiger partial charge in [-0.25, -0.2) is 0 Å². The number of rotatable bonds is 9. The molecule has 4 aromatic rings. The maximum absolute atomic E-state index is 14.2. The minimum Gasteiger partial charge on any atom is -0.507 e. The van der Waals surface area contributed by atoms with Crippen molar-refractivity contribution >= 4 is 47.6 Å². The second kappa shape index (κ2) is 14.1. The standard InChI is InChI=1S/C42H43BN2O5/c1-4-29-24-35-39(42(48)45(41(35)47)34-18-16-33(17-19-34)44-32-13-9-6-10-14-32)36-25-43(49)50-37(38(29)36)20-15-31(30-11-7-5-8-12-30)23-28-21-26(2)40(46)27(3)22-28/h5-14,16-19,21-23,35-37,39,44,46,49H,4,15,20,24-25H2,1-3H3/b31-23-/t35-,36+,37-,39-/m1/s1. The Balaban J connectivity index is 1.15. The van der Waals surface area contributed by atoms with Crippen molar-refractivity contribution in [2.24, 2.45) is 17.8 Å². The number of phenolic OH excluding ortho intramolecular Hbond substituents is 1. The molecular formula is C42H43BN2O5. The van der Waals surface area contributed by atoms with Crippen molar-refractivity contribution in [1.82, 2.24) is 0 Å². The van der Waals surface area contributed by atoms with Crippen LogP contribution in [0.3, 0.4) is 0 Å². The molecule has 0 bridgehead atoms. The fourth-order valence-corrected chi connectivity index (χ4v) is 8.25. The van der Waals surface area contributed by atoms with E-state index in [1.54, 1.807) is 0 Å². The average molecular weight is 667 g/mol. The van der Waals surface area contributed by atoms with Gasteiger partial charge in [0.25, 0.3) is 0 Å². The molecule has 3 N–H and O–H groups in total. The Labute approximate surface area is 294 Å². The summed E-state index contributed by atoms with van der Waals surface area (Å²) in [6.07, 6.45) is 4.62. The van der Waals surface area contributed by atoms with E-state index >= 15 is 0 Å². The molecule has 4 atom stereocenters. The van der Waals surface area contributed by atoms with Crippen LogP contribution in [0.25, 0.3) is 11.6 Å². The third kappa shape index (κ3) is 6.53. The van der Waals surface area contributed by atoms with Crippen LogP contribution in [0, 0.1) is 31.6 Å². The van der Waals surface area contributed by atoms with E-state index in [2.05, 4.69) is 30.4 Å². The van der Waals surface area contributed by atoms with Gasteiger partial charge in [-0.05, 0) is 134 Å². The lowest BCUT2D eigenvalue weighted by atomic mass is 9.58. The highest BCUT2D eigenvalue weighted by Crippen LogP contribution is 2.52. The molecule has 2 fully saturated rings. The zero-order valence-corrected chi connectivity index (χ0v) is 28.8. The van der Waals surface area contributed by atoms with E-state index in [9.17, 15) is 19.7 Å². The molecule has 7 rings (SSSR count). The van der Waals surface area contributed by atoms with Gasteiger partial charge in [0.15, 0.2) is 0 Å². The summed E-state index contributed by atoms with van der Waals surface area (Å²) in [7, 11) is -1.03. The van der Waals surface area contributed by atoms with Crippen LogP contribution in [-0.2, 0) is 14.2 Å². The first-order valence-electron chi connectivity index (χ1n) is 17.6. The van der Waals surface area contributed by atoms with Gasteiger partial charge < -0.3 is 20.1 Å². The molecule has 0 radical (unpaired) electrons. The summed E-state index contributed by atoms with van der Waals surface area (Å²) in [6.45, 7) is 5.91. The Hall–Kier alpha value is -4.92. The SMILES string of the molecule is CCC1=C2[C@@H](CC/C(=C/c3cc(C)c(O)c(C)c3)c3ccccc3)OB(O)C[C@@H]2[C@@H]2C(=O)N(c3ccc(Nc4ccccc4)cc3)C(=O)[C@@H]2C1. The number of aryl methyl sites for hydroxylation is 2. The maximum atomic E-state index is 14.2. The third-order valence-corrected chi connectivity index (χ3v) is 10.6. The van der Waals surface area contributed by atoms with Crippen LogP contribution in [0.15, 0.2) is 108 Å². The number of allylic oxidation sites excluding steroid dienone is 2. The number of benzene rings is 4. The van der Waals surface area contributed by atoms with Crippen LogP contribution in [0.5, 0.6) is 5.75 Å². The van der Waals surface area contributed by atoms with Gasteiger partial charge in [0.2, 0.25) is 11.8 Å². The number of anilines is 3. The monoisotopic (exact) mass is 666 g/mol. The van der Waals surface area contributed by atoms with E-state index in [-0.39, 0.29) is 30.2 Å². The van der Waals surface area contributed by atoms with Crippen LogP contribution in [0.2, 0.25) is 6.32 Å². The van der Waals surface area contributed by atoms with E-state index in [0.29, 0.717) is 30.7 Å².